The highest BCUT2D eigenvalue weighted by molar-refractivity contribution is 7.07. The molecule has 0 amide bonds. The highest BCUT2D eigenvalue weighted by Gasteiger charge is 2.36. The van der Waals surface area contributed by atoms with Crippen LogP contribution in [0.25, 0.3) is 6.08 Å². The van der Waals surface area contributed by atoms with E-state index in [-0.39, 0.29) is 35.8 Å². The molecule has 228 valence electrons. The molecule has 1 aliphatic heterocycles. The fourth-order valence-corrected chi connectivity index (χ4v) is 5.88. The van der Waals surface area contributed by atoms with E-state index in [9.17, 15) is 14.7 Å². The molecule has 0 fully saturated rings. The van der Waals surface area contributed by atoms with Gasteiger partial charge in [0.05, 0.1) is 43.2 Å². The van der Waals surface area contributed by atoms with Crippen molar-refractivity contribution in [3.8, 4) is 23.0 Å². The highest BCUT2D eigenvalue weighted by Crippen LogP contribution is 2.41. The van der Waals surface area contributed by atoms with E-state index >= 15 is 0 Å². The number of allylic oxidation sites excluding steroid dienone is 2. The van der Waals surface area contributed by atoms with Crippen LogP contribution in [0.5, 0.6) is 23.0 Å². The Bertz CT molecular complexity index is 1720. The lowest BCUT2D eigenvalue weighted by Gasteiger charge is -2.27. The van der Waals surface area contributed by atoms with Crippen molar-refractivity contribution in [2.24, 2.45) is 4.99 Å². The number of rotatable bonds is 13. The zero-order valence-electron chi connectivity index (χ0n) is 25.0. The Hall–Kier alpha value is -4.35. The van der Waals surface area contributed by atoms with Gasteiger partial charge in [-0.3, -0.25) is 9.36 Å². The van der Waals surface area contributed by atoms with Crippen LogP contribution in [0.15, 0.2) is 64.0 Å². The number of aromatic hydroxyl groups is 1. The summed E-state index contributed by atoms with van der Waals surface area (Å²) in [5.74, 6) is 0.591. The summed E-state index contributed by atoms with van der Waals surface area (Å²) in [7, 11) is 4.52. The van der Waals surface area contributed by atoms with Crippen molar-refractivity contribution >= 4 is 23.4 Å². The molecule has 1 atom stereocenters. The Morgan fingerprint density at radius 3 is 2.58 bits per heavy atom. The first-order valence-corrected chi connectivity index (χ1v) is 14.6. The summed E-state index contributed by atoms with van der Waals surface area (Å²) >= 11 is 1.19. The van der Waals surface area contributed by atoms with E-state index in [0.717, 1.165) is 6.42 Å². The number of phenols is 1. The summed E-state index contributed by atoms with van der Waals surface area (Å²) in [4.78, 5) is 32.8. The molecule has 1 aliphatic rings. The third-order valence-corrected chi connectivity index (χ3v) is 7.78. The number of para-hydroxylation sites is 1. The first kappa shape index (κ1) is 31.6. The first-order chi connectivity index (χ1) is 20.8. The predicted octanol–water partition coefficient (Wildman–Crippen LogP) is 3.66. The standard InChI is InChI=1S/C32H36N2O8S/c1-7-10-21-16-20(17-24(40-6)28(21)35)18-25-30(36)34-27(22-11-9-12-23(39-5)29(22)41-13-8-2)26(19(3)33-32(34)43-25)31(37)42-15-14-38-4/h7,9,11-12,16-18,27,35H,1,8,10,13-15H2,2-6H3/b25-18+/t27-/m0/s1. The molecule has 0 unspecified atom stereocenters. The molecule has 0 saturated carbocycles. The van der Waals surface area contributed by atoms with E-state index in [1.807, 2.05) is 13.0 Å². The molecule has 0 bridgehead atoms. The Balaban J connectivity index is 1.97. The van der Waals surface area contributed by atoms with Crippen LogP contribution in [0.1, 0.15) is 43.0 Å². The molecule has 0 radical (unpaired) electrons. The number of phenolic OH excluding ortho intramolecular Hbond substituents is 1. The number of benzene rings is 2. The second-order valence-corrected chi connectivity index (χ2v) is 10.7. The van der Waals surface area contributed by atoms with Crippen molar-refractivity contribution in [1.82, 2.24) is 4.57 Å². The van der Waals surface area contributed by atoms with Crippen molar-refractivity contribution in [3.05, 3.63) is 90.6 Å². The summed E-state index contributed by atoms with van der Waals surface area (Å²) in [5, 5.41) is 10.5. The lowest BCUT2D eigenvalue weighted by atomic mass is 9.94. The normalized spacial score (nSPS) is 14.6. The van der Waals surface area contributed by atoms with Gasteiger partial charge in [0.2, 0.25) is 0 Å². The van der Waals surface area contributed by atoms with E-state index in [1.54, 1.807) is 43.3 Å². The van der Waals surface area contributed by atoms with Crippen molar-refractivity contribution < 1.29 is 33.6 Å². The van der Waals surface area contributed by atoms with Crippen molar-refractivity contribution in [2.75, 3.05) is 41.2 Å². The predicted molar refractivity (Wildman–Crippen MR) is 164 cm³/mol. The number of hydrogen-bond acceptors (Lipinski definition) is 10. The van der Waals surface area contributed by atoms with E-state index in [2.05, 4.69) is 11.6 Å². The average Bonchev–Trinajstić information content (AvgIpc) is 3.30. The summed E-state index contributed by atoms with van der Waals surface area (Å²) in [6, 6.07) is 7.89. The van der Waals surface area contributed by atoms with Gasteiger partial charge < -0.3 is 28.8 Å². The molecule has 3 aromatic rings. The monoisotopic (exact) mass is 608 g/mol. The Labute approximate surface area is 253 Å². The fourth-order valence-electron chi connectivity index (χ4n) is 4.83. The smallest absolute Gasteiger partial charge is 0.338 e. The molecule has 0 aliphatic carbocycles. The van der Waals surface area contributed by atoms with E-state index in [4.69, 9.17) is 23.7 Å². The minimum absolute atomic E-state index is 0.0193. The van der Waals surface area contributed by atoms with Crippen LogP contribution < -0.4 is 29.1 Å². The molecule has 1 N–H and O–H groups in total. The molecule has 0 saturated heterocycles. The maximum Gasteiger partial charge on any atom is 0.338 e. The van der Waals surface area contributed by atoms with Gasteiger partial charge in [-0.05, 0) is 49.6 Å². The number of nitrogens with zero attached hydrogens (tertiary/aromatic N) is 2. The van der Waals surface area contributed by atoms with Gasteiger partial charge in [-0.25, -0.2) is 9.79 Å². The molecule has 2 heterocycles. The third-order valence-electron chi connectivity index (χ3n) is 6.79. The molecule has 2 aromatic carbocycles. The highest BCUT2D eigenvalue weighted by atomic mass is 32.1. The number of ether oxygens (including phenoxy) is 5. The SMILES string of the molecule is C=CCc1cc(/C=c2/sc3n(c2=O)[C@@H](c2cccc(OC)c2OCCC)C(C(=O)OCCOC)=C(C)N=3)cc(OC)c1O. The minimum atomic E-state index is -0.902. The zero-order valence-corrected chi connectivity index (χ0v) is 25.8. The number of esters is 1. The molecule has 1 aromatic heterocycles. The minimum Gasteiger partial charge on any atom is -0.504 e. The zero-order chi connectivity index (χ0) is 31.1. The summed E-state index contributed by atoms with van der Waals surface area (Å²) in [6.45, 7) is 8.12. The topological polar surface area (TPSA) is 118 Å². The van der Waals surface area contributed by atoms with Crippen molar-refractivity contribution in [1.29, 1.82) is 0 Å². The molecule has 0 spiro atoms. The van der Waals surface area contributed by atoms with Crippen LogP contribution in [-0.4, -0.2) is 56.8 Å². The Morgan fingerprint density at radius 1 is 1.14 bits per heavy atom. The van der Waals surface area contributed by atoms with Crippen molar-refractivity contribution in [2.45, 2.75) is 32.7 Å². The Morgan fingerprint density at radius 2 is 1.91 bits per heavy atom. The third kappa shape index (κ3) is 6.52. The van der Waals surface area contributed by atoms with Crippen LogP contribution in [0.3, 0.4) is 0 Å². The number of methoxy groups -OCH3 is 3. The van der Waals surface area contributed by atoms with Gasteiger partial charge in [-0.15, -0.1) is 6.58 Å². The van der Waals surface area contributed by atoms with Crippen LogP contribution in [-0.2, 0) is 20.7 Å². The van der Waals surface area contributed by atoms with E-state index in [0.29, 0.717) is 56.2 Å². The average molecular weight is 609 g/mol. The molecule has 11 heteroatoms. The maximum atomic E-state index is 14.2. The number of aromatic nitrogens is 1. The van der Waals surface area contributed by atoms with Gasteiger partial charge >= 0.3 is 5.97 Å². The number of hydrogen-bond donors (Lipinski definition) is 1. The van der Waals surface area contributed by atoms with Gasteiger partial charge in [-0.2, -0.15) is 0 Å². The van der Waals surface area contributed by atoms with Gasteiger partial charge in [0.1, 0.15) is 12.6 Å². The fraction of sp³-hybridized carbons (Fsp3) is 0.344. The summed E-state index contributed by atoms with van der Waals surface area (Å²) in [5.41, 5.74) is 2.10. The van der Waals surface area contributed by atoms with E-state index < -0.39 is 12.0 Å². The Kier molecular flexibility index (Phi) is 10.4. The first-order valence-electron chi connectivity index (χ1n) is 13.8. The lowest BCUT2D eigenvalue weighted by molar-refractivity contribution is -0.140. The van der Waals surface area contributed by atoms with Crippen LogP contribution >= 0.6 is 11.3 Å². The van der Waals surface area contributed by atoms with Crippen LogP contribution in [0.4, 0.5) is 0 Å². The summed E-state index contributed by atoms with van der Waals surface area (Å²) in [6.07, 6.45) is 4.54. The van der Waals surface area contributed by atoms with Gasteiger partial charge in [-0.1, -0.05) is 36.5 Å². The molecule has 10 nitrogen and oxygen atoms in total. The van der Waals surface area contributed by atoms with Gasteiger partial charge in [0.15, 0.2) is 27.8 Å². The molecule has 43 heavy (non-hydrogen) atoms. The molecular weight excluding hydrogens is 572 g/mol. The van der Waals surface area contributed by atoms with Gasteiger partial charge in [0.25, 0.3) is 5.56 Å². The number of carbonyl (C=O) groups is 1. The number of fused-ring (bicyclic) bond motifs is 1. The lowest BCUT2D eigenvalue weighted by Crippen LogP contribution is -2.40. The van der Waals surface area contributed by atoms with Crippen molar-refractivity contribution in [3.63, 3.8) is 0 Å². The van der Waals surface area contributed by atoms with Gasteiger partial charge in [0, 0.05) is 18.2 Å². The van der Waals surface area contributed by atoms with Crippen LogP contribution in [0.2, 0.25) is 0 Å². The largest absolute Gasteiger partial charge is 0.504 e. The molecule has 4 rings (SSSR count). The maximum absolute atomic E-state index is 14.2. The summed E-state index contributed by atoms with van der Waals surface area (Å²) < 4.78 is 29.6. The second-order valence-electron chi connectivity index (χ2n) is 9.66. The van der Waals surface area contributed by atoms with E-state index in [1.165, 1.54) is 37.2 Å². The quantitative estimate of drug-likeness (QED) is 0.178. The second kappa shape index (κ2) is 14.2. The number of carbonyl (C=O) groups excluding carboxylic acids is 1. The number of thiazole rings is 1. The molecular formula is C32H36N2O8S. The van der Waals surface area contributed by atoms with Crippen LogP contribution in [0, 0.1) is 0 Å².